The van der Waals surface area contributed by atoms with Gasteiger partial charge in [-0.1, -0.05) is 37.5 Å². The Morgan fingerprint density at radius 2 is 1.90 bits per heavy atom. The number of fused-ring (bicyclic) bond motifs is 1. The van der Waals surface area contributed by atoms with Crippen molar-refractivity contribution in [1.82, 2.24) is 9.88 Å². The lowest BCUT2D eigenvalue weighted by atomic mass is 9.84. The molecule has 0 radical (unpaired) electrons. The molecule has 21 heavy (non-hydrogen) atoms. The Morgan fingerprint density at radius 1 is 1.14 bits per heavy atom. The van der Waals surface area contributed by atoms with E-state index in [0.29, 0.717) is 12.0 Å². The Hall–Kier alpha value is -1.61. The maximum atomic E-state index is 12.3. The standard InChI is InChI=1S/C18H24N2O/c1-19-16(14-7-3-2-4-8-14)13-20-17-10-6-5-9-15(17)11-12-18(20)21/h5-6,9-12,14,16,19H,2-4,7-8,13H2,1H3. The molecule has 3 rings (SSSR count). The van der Waals surface area contributed by atoms with Crippen molar-refractivity contribution in [3.63, 3.8) is 0 Å². The van der Waals surface area contributed by atoms with Gasteiger partial charge in [0.2, 0.25) is 0 Å². The van der Waals surface area contributed by atoms with Crippen LogP contribution < -0.4 is 10.9 Å². The summed E-state index contributed by atoms with van der Waals surface area (Å²) >= 11 is 0. The Labute approximate surface area is 126 Å². The highest BCUT2D eigenvalue weighted by Crippen LogP contribution is 2.27. The van der Waals surface area contributed by atoms with Crippen LogP contribution in [0.5, 0.6) is 0 Å². The van der Waals surface area contributed by atoms with E-state index in [1.54, 1.807) is 6.07 Å². The zero-order valence-corrected chi connectivity index (χ0v) is 12.7. The van der Waals surface area contributed by atoms with Crippen molar-refractivity contribution in [2.75, 3.05) is 7.05 Å². The van der Waals surface area contributed by atoms with Crippen LogP contribution in [-0.4, -0.2) is 17.7 Å². The summed E-state index contributed by atoms with van der Waals surface area (Å²) in [5, 5.41) is 4.59. The lowest BCUT2D eigenvalue weighted by Crippen LogP contribution is -2.40. The van der Waals surface area contributed by atoms with Crippen molar-refractivity contribution in [2.24, 2.45) is 5.92 Å². The Morgan fingerprint density at radius 3 is 2.67 bits per heavy atom. The topological polar surface area (TPSA) is 34.0 Å². The van der Waals surface area contributed by atoms with Gasteiger partial charge in [0, 0.05) is 18.7 Å². The fraction of sp³-hybridized carbons (Fsp3) is 0.500. The van der Waals surface area contributed by atoms with E-state index in [0.717, 1.165) is 17.4 Å². The first-order valence-electron chi connectivity index (χ1n) is 8.05. The zero-order chi connectivity index (χ0) is 14.7. The molecule has 2 aromatic rings. The second-order valence-corrected chi connectivity index (χ2v) is 6.13. The van der Waals surface area contributed by atoms with Crippen LogP contribution in [0.1, 0.15) is 32.1 Å². The van der Waals surface area contributed by atoms with E-state index in [9.17, 15) is 4.79 Å². The van der Waals surface area contributed by atoms with Crippen molar-refractivity contribution >= 4 is 10.9 Å². The van der Waals surface area contributed by atoms with Crippen molar-refractivity contribution < 1.29 is 0 Å². The Kier molecular flexibility index (Phi) is 4.39. The first-order chi connectivity index (χ1) is 10.3. The van der Waals surface area contributed by atoms with Crippen molar-refractivity contribution in [2.45, 2.75) is 44.7 Å². The molecule has 1 fully saturated rings. The van der Waals surface area contributed by atoms with Gasteiger partial charge in [0.05, 0.1) is 5.52 Å². The van der Waals surface area contributed by atoms with Gasteiger partial charge in [0.15, 0.2) is 0 Å². The lowest BCUT2D eigenvalue weighted by molar-refractivity contribution is 0.258. The van der Waals surface area contributed by atoms with Gasteiger partial charge < -0.3 is 9.88 Å². The van der Waals surface area contributed by atoms with Gasteiger partial charge >= 0.3 is 0 Å². The van der Waals surface area contributed by atoms with Crippen LogP contribution in [-0.2, 0) is 6.54 Å². The number of hydrogen-bond acceptors (Lipinski definition) is 2. The molecular formula is C18H24N2O. The molecule has 1 heterocycles. The van der Waals surface area contributed by atoms with Gasteiger partial charge in [-0.3, -0.25) is 4.79 Å². The first kappa shape index (κ1) is 14.3. The van der Waals surface area contributed by atoms with E-state index in [2.05, 4.69) is 11.4 Å². The molecule has 1 aromatic heterocycles. The maximum absolute atomic E-state index is 12.3. The summed E-state index contributed by atoms with van der Waals surface area (Å²) in [4.78, 5) is 12.3. The van der Waals surface area contributed by atoms with Crippen LogP contribution in [0.3, 0.4) is 0 Å². The number of para-hydroxylation sites is 1. The molecule has 1 aliphatic carbocycles. The van der Waals surface area contributed by atoms with E-state index >= 15 is 0 Å². The minimum absolute atomic E-state index is 0.102. The van der Waals surface area contributed by atoms with Crippen molar-refractivity contribution in [3.8, 4) is 0 Å². The first-order valence-corrected chi connectivity index (χ1v) is 8.05. The Balaban J connectivity index is 1.92. The molecule has 0 aliphatic heterocycles. The summed E-state index contributed by atoms with van der Waals surface area (Å²) in [6.45, 7) is 0.765. The molecule has 1 atom stereocenters. The van der Waals surface area contributed by atoms with Crippen LogP contribution in [0, 0.1) is 5.92 Å². The number of pyridine rings is 1. The van der Waals surface area contributed by atoms with Gasteiger partial charge in [-0.05, 0) is 43.3 Å². The second kappa shape index (κ2) is 6.44. The monoisotopic (exact) mass is 284 g/mol. The number of hydrogen-bond donors (Lipinski definition) is 1. The van der Waals surface area contributed by atoms with Gasteiger partial charge in [0.25, 0.3) is 5.56 Å². The third-order valence-corrected chi connectivity index (χ3v) is 4.87. The number of aromatic nitrogens is 1. The molecule has 0 spiro atoms. The maximum Gasteiger partial charge on any atom is 0.251 e. The summed E-state index contributed by atoms with van der Waals surface area (Å²) in [7, 11) is 2.02. The molecule has 1 aliphatic rings. The fourth-order valence-corrected chi connectivity index (χ4v) is 3.64. The number of benzene rings is 1. The highest BCUT2D eigenvalue weighted by atomic mass is 16.1. The second-order valence-electron chi connectivity index (χ2n) is 6.13. The molecular weight excluding hydrogens is 260 g/mol. The van der Waals surface area contributed by atoms with Gasteiger partial charge in [0.1, 0.15) is 0 Å². The smallest absolute Gasteiger partial charge is 0.251 e. The van der Waals surface area contributed by atoms with Crippen LogP contribution in [0.25, 0.3) is 10.9 Å². The molecule has 0 amide bonds. The fourth-order valence-electron chi connectivity index (χ4n) is 3.64. The molecule has 0 saturated heterocycles. The lowest BCUT2D eigenvalue weighted by Gasteiger charge is -2.30. The average Bonchev–Trinajstić information content (AvgIpc) is 2.55. The van der Waals surface area contributed by atoms with Crippen molar-refractivity contribution in [3.05, 3.63) is 46.8 Å². The molecule has 1 aromatic carbocycles. The summed E-state index contributed by atoms with van der Waals surface area (Å²) in [5.41, 5.74) is 1.14. The summed E-state index contributed by atoms with van der Waals surface area (Å²) in [6.07, 6.45) is 6.58. The van der Waals surface area contributed by atoms with Crippen LogP contribution in [0.4, 0.5) is 0 Å². The summed E-state index contributed by atoms with van der Waals surface area (Å²) in [5.74, 6) is 0.689. The highest BCUT2D eigenvalue weighted by molar-refractivity contribution is 5.78. The van der Waals surface area contributed by atoms with Crippen LogP contribution >= 0.6 is 0 Å². The molecule has 1 unspecified atom stereocenters. The molecule has 0 bridgehead atoms. The number of likely N-dealkylation sites (N-methyl/N-ethyl adjacent to an activating group) is 1. The van der Waals surface area contributed by atoms with E-state index in [1.807, 2.05) is 35.9 Å². The van der Waals surface area contributed by atoms with Gasteiger partial charge in [-0.2, -0.15) is 0 Å². The Bertz CT molecular complexity index is 656. The molecule has 3 nitrogen and oxygen atoms in total. The highest BCUT2D eigenvalue weighted by Gasteiger charge is 2.23. The normalized spacial score (nSPS) is 18.0. The van der Waals surface area contributed by atoms with E-state index in [-0.39, 0.29) is 5.56 Å². The van der Waals surface area contributed by atoms with Crippen molar-refractivity contribution in [1.29, 1.82) is 0 Å². The third-order valence-electron chi connectivity index (χ3n) is 4.87. The minimum Gasteiger partial charge on any atom is -0.315 e. The molecule has 1 N–H and O–H groups in total. The average molecular weight is 284 g/mol. The van der Waals surface area contributed by atoms with E-state index in [1.165, 1.54) is 32.1 Å². The zero-order valence-electron chi connectivity index (χ0n) is 12.7. The quantitative estimate of drug-likeness (QED) is 0.935. The number of rotatable bonds is 4. The summed E-state index contributed by atoms with van der Waals surface area (Å²) in [6, 6.07) is 12.1. The minimum atomic E-state index is 0.102. The third kappa shape index (κ3) is 3.03. The molecule has 1 saturated carbocycles. The van der Waals surface area contributed by atoms with E-state index < -0.39 is 0 Å². The van der Waals surface area contributed by atoms with Crippen LogP contribution in [0.2, 0.25) is 0 Å². The van der Waals surface area contributed by atoms with E-state index in [4.69, 9.17) is 0 Å². The number of nitrogens with zero attached hydrogens (tertiary/aromatic N) is 1. The van der Waals surface area contributed by atoms with Crippen LogP contribution in [0.15, 0.2) is 41.2 Å². The van der Waals surface area contributed by atoms with Gasteiger partial charge in [-0.25, -0.2) is 0 Å². The predicted molar refractivity (Wildman–Crippen MR) is 87.6 cm³/mol. The number of nitrogens with one attached hydrogen (secondary N) is 1. The SMILES string of the molecule is CNC(Cn1c(=O)ccc2ccccc21)C1CCCCC1. The predicted octanol–water partition coefficient (Wildman–Crippen LogP) is 3.17. The summed E-state index contributed by atoms with van der Waals surface area (Å²) < 4.78 is 1.94. The largest absolute Gasteiger partial charge is 0.315 e. The molecule has 3 heteroatoms. The molecule has 112 valence electrons. The van der Waals surface area contributed by atoms with Gasteiger partial charge in [-0.15, -0.1) is 0 Å².